The lowest BCUT2D eigenvalue weighted by Gasteiger charge is -2.21. The van der Waals surface area contributed by atoms with Gasteiger partial charge in [-0.3, -0.25) is 0 Å². The Kier molecular flexibility index (Phi) is 6.60. The van der Waals surface area contributed by atoms with Crippen LogP contribution in [0.5, 0.6) is 5.75 Å². The summed E-state index contributed by atoms with van der Waals surface area (Å²) in [4.78, 5) is 16.6. The first kappa shape index (κ1) is 24.4. The molecule has 0 aliphatic carbocycles. The number of aliphatic hydroxyl groups excluding tert-OH is 1. The molecule has 3 aromatic rings. The van der Waals surface area contributed by atoms with Gasteiger partial charge in [-0.05, 0) is 57.0 Å². The Labute approximate surface area is 189 Å². The molecule has 10 heteroatoms. The van der Waals surface area contributed by atoms with E-state index >= 15 is 0 Å². The maximum atomic E-state index is 12.5. The van der Waals surface area contributed by atoms with Crippen LogP contribution in [0.4, 0.5) is 18.0 Å². The number of alkyl carbamates (subject to hydrolysis) is 1. The second-order valence-electron chi connectivity index (χ2n) is 8.65. The van der Waals surface area contributed by atoms with Crippen LogP contribution < -0.4 is 10.1 Å². The van der Waals surface area contributed by atoms with Crippen LogP contribution in [0.25, 0.3) is 22.2 Å². The van der Waals surface area contributed by atoms with Gasteiger partial charge in [-0.15, -0.1) is 13.2 Å². The fourth-order valence-corrected chi connectivity index (χ4v) is 3.57. The lowest BCUT2D eigenvalue weighted by molar-refractivity contribution is -0.274. The Morgan fingerprint density at radius 3 is 2.39 bits per heavy atom. The van der Waals surface area contributed by atoms with E-state index in [-0.39, 0.29) is 12.3 Å². The van der Waals surface area contributed by atoms with Crippen LogP contribution in [0.2, 0.25) is 0 Å². The van der Waals surface area contributed by atoms with Gasteiger partial charge in [0.1, 0.15) is 11.4 Å². The van der Waals surface area contributed by atoms with Crippen LogP contribution in [-0.2, 0) is 18.3 Å². The number of nitrogens with one attached hydrogen (secondary N) is 1. The molecule has 33 heavy (non-hydrogen) atoms. The maximum absolute atomic E-state index is 12.5. The monoisotopic (exact) mass is 465 g/mol. The van der Waals surface area contributed by atoms with E-state index in [4.69, 9.17) is 4.74 Å². The minimum atomic E-state index is -4.78. The highest BCUT2D eigenvalue weighted by molar-refractivity contribution is 5.95. The summed E-state index contributed by atoms with van der Waals surface area (Å²) >= 11 is 0. The van der Waals surface area contributed by atoms with Crippen molar-refractivity contribution in [3.05, 3.63) is 47.8 Å². The van der Waals surface area contributed by atoms with Crippen molar-refractivity contribution in [2.24, 2.45) is 7.05 Å². The first-order chi connectivity index (χ1) is 15.2. The highest BCUT2D eigenvalue weighted by Crippen LogP contribution is 2.36. The molecule has 178 valence electrons. The first-order valence-corrected chi connectivity index (χ1v) is 10.2. The summed E-state index contributed by atoms with van der Waals surface area (Å²) in [6.07, 6.45) is -4.67. The normalized spacial score (nSPS) is 13.1. The van der Waals surface area contributed by atoms with E-state index in [9.17, 15) is 23.1 Å². The number of aromatic nitrogens is 2. The number of alkyl halides is 3. The average Bonchev–Trinajstić information content (AvgIpc) is 3.05. The number of benzene rings is 2. The maximum Gasteiger partial charge on any atom is 0.573 e. The third-order valence-corrected chi connectivity index (χ3v) is 4.75. The SMILES string of the molecule is CC(O)c1c(CNC(=O)OC(C)(C)C)cc(-c2ccc(OC(F)(F)F)cc2)c2ncn(C)c12. The second-order valence-corrected chi connectivity index (χ2v) is 8.65. The number of imidazole rings is 1. The molecule has 2 aromatic carbocycles. The summed E-state index contributed by atoms with van der Waals surface area (Å²) < 4.78 is 48.5. The van der Waals surface area contributed by atoms with Gasteiger partial charge in [0.05, 0.1) is 23.5 Å². The van der Waals surface area contributed by atoms with Gasteiger partial charge >= 0.3 is 12.5 Å². The van der Waals surface area contributed by atoms with Crippen molar-refractivity contribution in [1.29, 1.82) is 0 Å². The zero-order valence-corrected chi connectivity index (χ0v) is 18.9. The first-order valence-electron chi connectivity index (χ1n) is 10.2. The molecule has 1 heterocycles. The number of aryl methyl sites for hydroxylation is 1. The highest BCUT2D eigenvalue weighted by atomic mass is 19.4. The van der Waals surface area contributed by atoms with Gasteiger partial charge in [0.25, 0.3) is 0 Å². The van der Waals surface area contributed by atoms with Crippen LogP contribution in [0, 0.1) is 0 Å². The molecule has 0 aliphatic heterocycles. The molecule has 0 saturated heterocycles. The van der Waals surface area contributed by atoms with Gasteiger partial charge in [-0.25, -0.2) is 9.78 Å². The number of aliphatic hydroxyl groups is 1. The van der Waals surface area contributed by atoms with Crippen molar-refractivity contribution in [3.63, 3.8) is 0 Å². The number of amides is 1. The summed E-state index contributed by atoms with van der Waals surface area (Å²) in [5.74, 6) is -0.337. The number of nitrogens with zero attached hydrogens (tertiary/aromatic N) is 2. The second kappa shape index (κ2) is 8.93. The Morgan fingerprint density at radius 1 is 1.21 bits per heavy atom. The van der Waals surface area contributed by atoms with E-state index in [1.165, 1.54) is 24.3 Å². The summed E-state index contributed by atoms with van der Waals surface area (Å²) in [5, 5.41) is 13.2. The molecular weight excluding hydrogens is 439 g/mol. The summed E-state index contributed by atoms with van der Waals surface area (Å²) in [5.41, 5.74) is 2.99. The molecule has 2 N–H and O–H groups in total. The Balaban J connectivity index is 2.05. The van der Waals surface area contributed by atoms with Crippen molar-refractivity contribution in [3.8, 4) is 16.9 Å². The standard InChI is InChI=1S/C23H26F3N3O4/c1-13(30)18-15(11-27-21(31)33-22(2,3)4)10-17(19-20(18)29(5)12-28-19)14-6-8-16(9-7-14)32-23(24,25)26/h6-10,12-13,30H,11H2,1-5H3,(H,27,31). The van der Waals surface area contributed by atoms with Crippen LogP contribution >= 0.6 is 0 Å². The van der Waals surface area contributed by atoms with Crippen LogP contribution in [0.1, 0.15) is 44.9 Å². The number of ether oxygens (including phenoxy) is 2. The Morgan fingerprint density at radius 2 is 1.85 bits per heavy atom. The molecular formula is C23H26F3N3O4. The van der Waals surface area contributed by atoms with Crippen molar-refractivity contribution >= 4 is 17.1 Å². The fraction of sp³-hybridized carbons (Fsp3) is 0.391. The zero-order chi connectivity index (χ0) is 24.6. The van der Waals surface area contributed by atoms with Crippen LogP contribution in [0.3, 0.4) is 0 Å². The molecule has 7 nitrogen and oxygen atoms in total. The van der Waals surface area contributed by atoms with Crippen LogP contribution in [0.15, 0.2) is 36.7 Å². The quantitative estimate of drug-likeness (QED) is 0.540. The number of fused-ring (bicyclic) bond motifs is 1. The number of carbonyl (C=O) groups excluding carboxylic acids is 1. The minimum absolute atomic E-state index is 0.0680. The van der Waals surface area contributed by atoms with Crippen LogP contribution in [-0.4, -0.2) is 32.7 Å². The summed E-state index contributed by atoms with van der Waals surface area (Å²) in [6, 6.07) is 7.20. The molecule has 3 rings (SSSR count). The average molecular weight is 465 g/mol. The molecule has 1 atom stereocenters. The van der Waals surface area contributed by atoms with E-state index < -0.39 is 24.2 Å². The van der Waals surface area contributed by atoms with E-state index in [2.05, 4.69) is 15.0 Å². The molecule has 1 unspecified atom stereocenters. The predicted molar refractivity (Wildman–Crippen MR) is 117 cm³/mol. The predicted octanol–water partition coefficient (Wildman–Crippen LogP) is 5.22. The number of rotatable bonds is 5. The summed E-state index contributed by atoms with van der Waals surface area (Å²) in [6.45, 7) is 6.93. The van der Waals surface area contributed by atoms with Gasteiger partial charge in [-0.1, -0.05) is 12.1 Å². The van der Waals surface area contributed by atoms with Crippen molar-refractivity contribution in [2.75, 3.05) is 0 Å². The molecule has 1 amide bonds. The largest absolute Gasteiger partial charge is 0.573 e. The van der Waals surface area contributed by atoms with Gasteiger partial charge in [0, 0.05) is 24.7 Å². The fourth-order valence-electron chi connectivity index (χ4n) is 3.57. The van der Waals surface area contributed by atoms with E-state index in [1.807, 2.05) is 0 Å². The topological polar surface area (TPSA) is 85.6 Å². The number of hydrogen-bond donors (Lipinski definition) is 2. The molecule has 0 saturated carbocycles. The molecule has 0 bridgehead atoms. The van der Waals surface area contributed by atoms with Crippen molar-refractivity contribution in [2.45, 2.75) is 52.3 Å². The molecule has 1 aromatic heterocycles. The smallest absolute Gasteiger partial charge is 0.444 e. The highest BCUT2D eigenvalue weighted by Gasteiger charge is 2.31. The van der Waals surface area contributed by atoms with E-state index in [0.29, 0.717) is 33.3 Å². The molecule has 0 aliphatic rings. The molecule has 0 spiro atoms. The van der Waals surface area contributed by atoms with Gasteiger partial charge in [0.2, 0.25) is 0 Å². The lowest BCUT2D eigenvalue weighted by Crippen LogP contribution is -2.32. The van der Waals surface area contributed by atoms with E-state index in [1.54, 1.807) is 51.7 Å². The van der Waals surface area contributed by atoms with Crippen molar-refractivity contribution in [1.82, 2.24) is 14.9 Å². The van der Waals surface area contributed by atoms with Crippen molar-refractivity contribution < 1.29 is 32.5 Å². The molecule has 0 radical (unpaired) electrons. The minimum Gasteiger partial charge on any atom is -0.444 e. The van der Waals surface area contributed by atoms with Gasteiger partial charge in [-0.2, -0.15) is 0 Å². The Hall–Kier alpha value is -3.27. The number of hydrogen-bond acceptors (Lipinski definition) is 5. The number of carbonyl (C=O) groups is 1. The van der Waals surface area contributed by atoms with Gasteiger partial charge in [0.15, 0.2) is 0 Å². The van der Waals surface area contributed by atoms with E-state index in [0.717, 1.165) is 0 Å². The summed E-state index contributed by atoms with van der Waals surface area (Å²) in [7, 11) is 1.77. The number of halogens is 3. The molecule has 0 fully saturated rings. The zero-order valence-electron chi connectivity index (χ0n) is 18.9. The lowest BCUT2D eigenvalue weighted by atomic mass is 9.94. The van der Waals surface area contributed by atoms with Gasteiger partial charge < -0.3 is 24.5 Å². The third kappa shape index (κ3) is 5.95. The third-order valence-electron chi connectivity index (χ3n) is 4.75. The Bertz CT molecular complexity index is 1150.